The molecule has 0 bridgehead atoms. The second kappa shape index (κ2) is 6.36. The monoisotopic (exact) mass is 500 g/mol. The van der Waals surface area contributed by atoms with Gasteiger partial charge in [0.05, 0.1) is 0 Å². The molecule has 0 aliphatic carbocycles. The summed E-state index contributed by atoms with van der Waals surface area (Å²) >= 11 is 0. The van der Waals surface area contributed by atoms with Crippen LogP contribution < -0.4 is 0 Å². The highest BCUT2D eigenvalue weighted by molar-refractivity contribution is 7.87. The maximum absolute atomic E-state index is 13.4. The van der Waals surface area contributed by atoms with E-state index in [9.17, 15) is 83.1 Å². The van der Waals surface area contributed by atoms with Crippen LogP contribution in [0.25, 0.3) is 0 Å². The van der Waals surface area contributed by atoms with Crippen LogP contribution in [0.15, 0.2) is 0 Å². The summed E-state index contributed by atoms with van der Waals surface area (Å²) in [4.78, 5) is 0. The van der Waals surface area contributed by atoms with E-state index in [1.807, 2.05) is 0 Å². The molecule has 0 aromatic heterocycles. The van der Waals surface area contributed by atoms with Crippen LogP contribution in [0.1, 0.15) is 0 Å². The minimum Gasteiger partial charge on any atom is -0.281 e. The molecule has 0 saturated carbocycles. The first-order valence-electron chi connectivity index (χ1n) is 5.68. The zero-order chi connectivity index (χ0) is 24.5. The highest BCUT2D eigenvalue weighted by atomic mass is 32.2. The number of halogens is 17. The fraction of sp³-hybridized carbons (Fsp3) is 1.00. The Labute approximate surface area is 146 Å². The summed E-state index contributed by atoms with van der Waals surface area (Å²) < 4.78 is 245. The molecule has 0 heterocycles. The topological polar surface area (TPSA) is 54.4 Å². The molecule has 1 N–H and O–H groups in total. The Morgan fingerprint density at radius 3 is 0.862 bits per heavy atom. The van der Waals surface area contributed by atoms with Crippen LogP contribution in [0.3, 0.4) is 0 Å². The number of hydrogen-bond acceptors (Lipinski definition) is 2. The molecule has 0 aliphatic rings. The van der Waals surface area contributed by atoms with E-state index in [1.165, 1.54) is 0 Å². The van der Waals surface area contributed by atoms with E-state index in [0.717, 1.165) is 0 Å². The summed E-state index contributed by atoms with van der Waals surface area (Å²) in [5.41, 5.74) is -9.08. The highest BCUT2D eigenvalue weighted by Gasteiger charge is 3.01. The summed E-state index contributed by atoms with van der Waals surface area (Å²) in [7, 11) is -8.00. The van der Waals surface area contributed by atoms with E-state index >= 15 is 0 Å². The molecule has 0 saturated heterocycles. The zero-order valence-electron chi connectivity index (χ0n) is 12.1. The van der Waals surface area contributed by atoms with E-state index in [0.29, 0.717) is 0 Å². The van der Waals surface area contributed by atoms with Crippen molar-refractivity contribution >= 4 is 10.1 Å². The maximum atomic E-state index is 13.4. The molecule has 0 unspecified atom stereocenters. The van der Waals surface area contributed by atoms with Gasteiger partial charge >= 0.3 is 57.1 Å². The summed E-state index contributed by atoms with van der Waals surface area (Å²) in [5.74, 6) is -26.9. The molecule has 29 heavy (non-hydrogen) atoms. The SMILES string of the molecule is O=S(=O)(O)C(F)(F)C(F)(F)C(F)(F)C(F)(F)C(C(F)(F)F)(C(F)(F)F)C(F)(F)F. The fourth-order valence-electron chi connectivity index (χ4n) is 1.79. The van der Waals surface area contributed by atoms with Crippen LogP contribution >= 0.6 is 0 Å². The molecular weight excluding hydrogens is 499 g/mol. The van der Waals surface area contributed by atoms with Crippen molar-refractivity contribution in [1.82, 2.24) is 0 Å². The molecule has 0 rings (SSSR count). The first-order chi connectivity index (χ1) is 12.0. The van der Waals surface area contributed by atoms with Crippen LogP contribution in [0.2, 0.25) is 0 Å². The van der Waals surface area contributed by atoms with Gasteiger partial charge in [-0.05, 0) is 0 Å². The number of rotatable bonds is 5. The molecule has 176 valence electrons. The van der Waals surface area contributed by atoms with Crippen LogP contribution in [0.5, 0.6) is 0 Å². The van der Waals surface area contributed by atoms with Gasteiger partial charge in [-0.2, -0.15) is 83.1 Å². The van der Waals surface area contributed by atoms with E-state index in [-0.39, 0.29) is 0 Å². The van der Waals surface area contributed by atoms with Gasteiger partial charge in [0.1, 0.15) is 0 Å². The van der Waals surface area contributed by atoms with Gasteiger partial charge in [0.2, 0.25) is 0 Å². The van der Waals surface area contributed by atoms with Gasteiger partial charge in [0, 0.05) is 0 Å². The van der Waals surface area contributed by atoms with Gasteiger partial charge in [0.15, 0.2) is 0 Å². The Morgan fingerprint density at radius 2 is 0.690 bits per heavy atom. The third kappa shape index (κ3) is 3.26. The van der Waals surface area contributed by atoms with E-state index < -0.39 is 57.1 Å². The van der Waals surface area contributed by atoms with E-state index in [4.69, 9.17) is 4.55 Å². The molecule has 0 aromatic rings. The first kappa shape index (κ1) is 27.7. The first-order valence-corrected chi connectivity index (χ1v) is 7.12. The van der Waals surface area contributed by atoms with Gasteiger partial charge in [-0.25, -0.2) is 0 Å². The maximum Gasteiger partial charge on any atom is 0.438 e. The molecule has 0 amide bonds. The van der Waals surface area contributed by atoms with Crippen molar-refractivity contribution in [2.75, 3.05) is 0 Å². The molecule has 0 atom stereocenters. The van der Waals surface area contributed by atoms with Gasteiger partial charge in [-0.3, -0.25) is 4.55 Å². The predicted octanol–water partition coefficient (Wildman–Crippen LogP) is 5.05. The Kier molecular flexibility index (Phi) is 6.08. The lowest BCUT2D eigenvalue weighted by Gasteiger charge is -2.47. The van der Waals surface area contributed by atoms with Crippen molar-refractivity contribution in [3.63, 3.8) is 0 Å². The van der Waals surface area contributed by atoms with Gasteiger partial charge in [-0.15, -0.1) is 0 Å². The molecule has 0 aliphatic heterocycles. The third-order valence-electron chi connectivity index (χ3n) is 3.22. The second-order valence-electron chi connectivity index (χ2n) is 4.96. The zero-order valence-corrected chi connectivity index (χ0v) is 12.9. The second-order valence-corrected chi connectivity index (χ2v) is 6.42. The highest BCUT2D eigenvalue weighted by Crippen LogP contribution is 2.71. The van der Waals surface area contributed by atoms with Crippen molar-refractivity contribution < 1.29 is 87.6 Å². The quantitative estimate of drug-likeness (QED) is 0.425. The summed E-state index contributed by atoms with van der Waals surface area (Å²) in [6.07, 6.45) is -25.9. The molecule has 0 spiro atoms. The average Bonchev–Trinajstić information content (AvgIpc) is 2.30. The summed E-state index contributed by atoms with van der Waals surface area (Å²) in [5, 5.41) is -7.97. The fourth-order valence-corrected chi connectivity index (χ4v) is 2.25. The normalized spacial score (nSPS) is 16.9. The average molecular weight is 500 g/mol. The van der Waals surface area contributed by atoms with Gasteiger partial charge < -0.3 is 0 Å². The van der Waals surface area contributed by atoms with Crippen LogP contribution in [-0.2, 0) is 10.1 Å². The summed E-state index contributed by atoms with van der Waals surface area (Å²) in [6.45, 7) is 0. The lowest BCUT2D eigenvalue weighted by molar-refractivity contribution is -0.510. The third-order valence-corrected chi connectivity index (χ3v) is 4.13. The Bertz CT molecular complexity index is 687. The molecule has 21 heteroatoms. The Hall–Kier alpha value is -1.28. The predicted molar refractivity (Wildman–Crippen MR) is 51.9 cm³/mol. The van der Waals surface area contributed by atoms with Crippen LogP contribution in [-0.4, -0.2) is 54.5 Å². The van der Waals surface area contributed by atoms with Crippen molar-refractivity contribution in [3.8, 4) is 0 Å². The van der Waals surface area contributed by atoms with E-state index in [1.54, 1.807) is 0 Å². The van der Waals surface area contributed by atoms with Crippen molar-refractivity contribution in [1.29, 1.82) is 0 Å². The summed E-state index contributed by atoms with van der Waals surface area (Å²) in [6, 6.07) is 0. The molecule has 0 aromatic carbocycles. The van der Waals surface area contributed by atoms with Crippen molar-refractivity contribution in [2.45, 2.75) is 41.6 Å². The lowest BCUT2D eigenvalue weighted by Crippen LogP contribution is -2.77. The standard InChI is InChI=1S/C8HF17O3S/c9-2(10,1(5(15,16)17,6(18,19)20)7(21,22)23)3(11,12)4(13,14)8(24,25)29(26,27)28/h(H,26,27,28). The Balaban J connectivity index is 7.55. The van der Waals surface area contributed by atoms with Gasteiger partial charge in [0.25, 0.3) is 0 Å². The van der Waals surface area contributed by atoms with Crippen LogP contribution in [0.4, 0.5) is 74.6 Å². The number of hydrogen-bond donors (Lipinski definition) is 1. The van der Waals surface area contributed by atoms with Gasteiger partial charge in [-0.1, -0.05) is 0 Å². The van der Waals surface area contributed by atoms with E-state index in [2.05, 4.69) is 0 Å². The minimum atomic E-state index is -9.24. The largest absolute Gasteiger partial charge is 0.438 e. The molecular formula is C8HF17O3S. The smallest absolute Gasteiger partial charge is 0.281 e. The molecule has 0 fully saturated rings. The molecule has 3 nitrogen and oxygen atoms in total. The van der Waals surface area contributed by atoms with Crippen molar-refractivity contribution in [2.24, 2.45) is 5.41 Å². The minimum absolute atomic E-state index is 7.69. The van der Waals surface area contributed by atoms with Crippen molar-refractivity contribution in [3.05, 3.63) is 0 Å². The Morgan fingerprint density at radius 1 is 0.448 bits per heavy atom. The van der Waals surface area contributed by atoms with Crippen LogP contribution in [0, 0.1) is 5.41 Å². The number of alkyl halides is 17. The lowest BCUT2D eigenvalue weighted by atomic mass is 9.74. The molecule has 0 radical (unpaired) electrons.